The lowest BCUT2D eigenvalue weighted by Gasteiger charge is -2.23. The van der Waals surface area contributed by atoms with Crippen LogP contribution in [-0.4, -0.2) is 22.0 Å². The number of H-pyrrole nitrogens is 1. The highest BCUT2D eigenvalue weighted by molar-refractivity contribution is 7.48. The van der Waals surface area contributed by atoms with E-state index in [0.29, 0.717) is 0 Å². The summed E-state index contributed by atoms with van der Waals surface area (Å²) in [6.45, 7) is -0.652. The van der Waals surface area contributed by atoms with Gasteiger partial charge in [-0.1, -0.05) is 24.3 Å². The van der Waals surface area contributed by atoms with Crippen LogP contribution in [0.1, 0.15) is 30.2 Å². The van der Waals surface area contributed by atoms with Crippen molar-refractivity contribution in [2.75, 3.05) is 6.61 Å². The third kappa shape index (κ3) is 4.01. The Hall–Kier alpha value is -2.10. The smallest absolute Gasteiger partial charge is 0.320 e. The van der Waals surface area contributed by atoms with Gasteiger partial charge < -0.3 is 4.74 Å². The summed E-state index contributed by atoms with van der Waals surface area (Å²) in [5, 5.41) is 0. The van der Waals surface area contributed by atoms with Crippen molar-refractivity contribution in [3.63, 3.8) is 0 Å². The zero-order valence-corrected chi connectivity index (χ0v) is 15.6. The number of hydrogen-bond acceptors (Lipinski definition) is 7. The fourth-order valence-corrected chi connectivity index (χ4v) is 4.25. The van der Waals surface area contributed by atoms with E-state index in [0.717, 1.165) is 21.8 Å². The van der Waals surface area contributed by atoms with E-state index >= 15 is 0 Å². The molecule has 0 spiro atoms. The monoisotopic (exact) mass is 412 g/mol. The summed E-state index contributed by atoms with van der Waals surface area (Å²) in [6.07, 6.45) is 0.390. The van der Waals surface area contributed by atoms with Crippen LogP contribution in [0.5, 0.6) is 0 Å². The van der Waals surface area contributed by atoms with E-state index in [1.165, 1.54) is 6.20 Å². The van der Waals surface area contributed by atoms with Gasteiger partial charge in [0.05, 0.1) is 13.2 Å². The van der Waals surface area contributed by atoms with Gasteiger partial charge in [0.2, 0.25) is 5.85 Å². The van der Waals surface area contributed by atoms with Crippen LogP contribution in [0.15, 0.2) is 46.1 Å². The fourth-order valence-electron chi connectivity index (χ4n) is 3.08. The lowest BCUT2D eigenvalue weighted by atomic mass is 10.1. The summed E-state index contributed by atoms with van der Waals surface area (Å²) in [4.78, 5) is 25.1. The predicted molar refractivity (Wildman–Crippen MR) is 94.1 cm³/mol. The van der Waals surface area contributed by atoms with Crippen molar-refractivity contribution in [2.45, 2.75) is 38.1 Å². The van der Waals surface area contributed by atoms with Crippen molar-refractivity contribution < 1.29 is 27.3 Å². The molecular formula is C17H18FN2O7P. The number of phosphoric ester groups is 1. The van der Waals surface area contributed by atoms with Crippen LogP contribution in [-0.2, 0) is 36.1 Å². The minimum Gasteiger partial charge on any atom is -0.320 e. The first-order valence-corrected chi connectivity index (χ1v) is 10.1. The summed E-state index contributed by atoms with van der Waals surface area (Å²) in [6, 6.07) is 8.42. The molecular weight excluding hydrogens is 394 g/mol. The van der Waals surface area contributed by atoms with Crippen LogP contribution in [0.3, 0.4) is 0 Å². The van der Waals surface area contributed by atoms with Gasteiger partial charge in [-0.25, -0.2) is 13.8 Å². The van der Waals surface area contributed by atoms with Crippen LogP contribution >= 0.6 is 7.82 Å². The number of ether oxygens (including phenoxy) is 1. The van der Waals surface area contributed by atoms with Gasteiger partial charge in [-0.05, 0) is 17.5 Å². The third-order valence-electron chi connectivity index (χ3n) is 4.59. The van der Waals surface area contributed by atoms with E-state index < -0.39 is 37.8 Å². The SMILES string of the molecule is O=c1ccn([C@H]2CC[C@@](F)(COP3(=O)OCc4ccccc4CO3)O2)c(=O)[nH]1. The van der Waals surface area contributed by atoms with Crippen molar-refractivity contribution in [3.8, 4) is 0 Å². The molecule has 1 aromatic heterocycles. The van der Waals surface area contributed by atoms with E-state index in [4.69, 9.17) is 18.3 Å². The van der Waals surface area contributed by atoms with Gasteiger partial charge in [0.15, 0.2) is 0 Å². The number of nitrogens with one attached hydrogen (secondary N) is 1. The predicted octanol–water partition coefficient (Wildman–Crippen LogP) is 2.38. The number of aromatic nitrogens is 2. The van der Waals surface area contributed by atoms with Gasteiger partial charge in [-0.3, -0.25) is 27.9 Å². The molecule has 2 aliphatic rings. The quantitative estimate of drug-likeness (QED) is 0.768. The summed E-state index contributed by atoms with van der Waals surface area (Å²) in [7, 11) is -3.98. The van der Waals surface area contributed by atoms with E-state index in [2.05, 4.69) is 4.98 Å². The fraction of sp³-hybridized carbons (Fsp3) is 0.412. The first-order chi connectivity index (χ1) is 13.4. The molecule has 1 saturated heterocycles. The number of hydrogen-bond donors (Lipinski definition) is 1. The van der Waals surface area contributed by atoms with Gasteiger partial charge in [0.25, 0.3) is 5.56 Å². The number of alkyl halides is 1. The molecule has 1 fully saturated rings. The average molecular weight is 412 g/mol. The Morgan fingerprint density at radius 3 is 2.54 bits per heavy atom. The molecule has 0 unspecified atom stereocenters. The zero-order valence-electron chi connectivity index (χ0n) is 14.7. The molecule has 2 aromatic rings. The molecule has 2 atom stereocenters. The van der Waals surface area contributed by atoms with Crippen molar-refractivity contribution in [2.24, 2.45) is 0 Å². The zero-order chi connectivity index (χ0) is 19.8. The molecule has 0 saturated carbocycles. The van der Waals surface area contributed by atoms with Crippen molar-refractivity contribution in [1.29, 1.82) is 0 Å². The standard InChI is InChI=1S/C17H18FN2O7P/c18-17(7-5-15(27-17)20-8-6-14(21)19-16(20)22)11-26-28(23)24-9-12-3-1-2-4-13(12)10-25-28/h1-4,6,8,15H,5,7,9-11H2,(H,19,21,22)/t15-,17+/m1/s1. The molecule has 1 aromatic carbocycles. The van der Waals surface area contributed by atoms with Crippen molar-refractivity contribution >= 4 is 7.82 Å². The molecule has 28 heavy (non-hydrogen) atoms. The highest BCUT2D eigenvalue weighted by atomic mass is 31.2. The molecule has 11 heteroatoms. The Morgan fingerprint density at radius 1 is 1.21 bits per heavy atom. The maximum Gasteiger partial charge on any atom is 0.475 e. The number of fused-ring (bicyclic) bond motifs is 1. The van der Waals surface area contributed by atoms with Crippen LogP contribution < -0.4 is 11.2 Å². The number of nitrogens with zero attached hydrogens (tertiary/aromatic N) is 1. The van der Waals surface area contributed by atoms with E-state index in [-0.39, 0.29) is 26.1 Å². The van der Waals surface area contributed by atoms with E-state index in [9.17, 15) is 18.5 Å². The second kappa shape index (κ2) is 7.38. The molecule has 3 heterocycles. The Balaban J connectivity index is 1.40. The van der Waals surface area contributed by atoms with Gasteiger partial charge in [-0.2, -0.15) is 0 Å². The second-order valence-electron chi connectivity index (χ2n) is 6.55. The molecule has 0 aliphatic carbocycles. The molecule has 0 bridgehead atoms. The number of aromatic amines is 1. The number of benzene rings is 1. The summed E-state index contributed by atoms with van der Waals surface area (Å²) in [5.41, 5.74) is 0.362. The number of phosphoric acid groups is 1. The first-order valence-electron chi connectivity index (χ1n) is 8.65. The molecule has 9 nitrogen and oxygen atoms in total. The maximum atomic E-state index is 15.0. The Labute approximate surface area is 158 Å². The third-order valence-corrected chi connectivity index (χ3v) is 5.92. The largest absolute Gasteiger partial charge is 0.475 e. The van der Waals surface area contributed by atoms with Crippen molar-refractivity contribution in [1.82, 2.24) is 9.55 Å². The molecule has 150 valence electrons. The minimum absolute atomic E-state index is 0.0169. The van der Waals surface area contributed by atoms with Crippen molar-refractivity contribution in [3.05, 3.63) is 68.5 Å². The lowest BCUT2D eigenvalue weighted by molar-refractivity contribution is -0.176. The molecule has 0 radical (unpaired) electrons. The van der Waals surface area contributed by atoms with Crippen LogP contribution in [0, 0.1) is 0 Å². The highest BCUT2D eigenvalue weighted by Gasteiger charge is 2.44. The molecule has 1 N–H and O–H groups in total. The van der Waals surface area contributed by atoms with Gasteiger partial charge in [-0.15, -0.1) is 0 Å². The molecule has 0 amide bonds. The van der Waals surface area contributed by atoms with E-state index in [1.807, 2.05) is 24.3 Å². The van der Waals surface area contributed by atoms with Crippen LogP contribution in [0.4, 0.5) is 4.39 Å². The first kappa shape index (κ1) is 19.2. The Morgan fingerprint density at radius 2 is 1.89 bits per heavy atom. The average Bonchev–Trinajstić information content (AvgIpc) is 2.97. The lowest BCUT2D eigenvalue weighted by Crippen LogP contribution is -2.34. The van der Waals surface area contributed by atoms with Crippen LogP contribution in [0.25, 0.3) is 0 Å². The highest BCUT2D eigenvalue weighted by Crippen LogP contribution is 2.54. The number of rotatable bonds is 4. The summed E-state index contributed by atoms with van der Waals surface area (Å²) < 4.78 is 49.7. The van der Waals surface area contributed by atoms with Gasteiger partial charge in [0, 0.05) is 18.7 Å². The normalized spacial score (nSPS) is 26.5. The summed E-state index contributed by atoms with van der Waals surface area (Å²) >= 11 is 0. The minimum atomic E-state index is -3.98. The van der Waals surface area contributed by atoms with Gasteiger partial charge in [0.1, 0.15) is 12.8 Å². The topological polar surface area (TPSA) is 109 Å². The Bertz CT molecular complexity index is 1010. The van der Waals surface area contributed by atoms with E-state index in [1.54, 1.807) is 0 Å². The molecule has 4 rings (SSSR count). The number of halogens is 1. The Kier molecular flexibility index (Phi) is 5.07. The summed E-state index contributed by atoms with van der Waals surface area (Å²) in [5.74, 6) is -2.27. The van der Waals surface area contributed by atoms with Gasteiger partial charge >= 0.3 is 13.5 Å². The van der Waals surface area contributed by atoms with Crippen LogP contribution in [0.2, 0.25) is 0 Å². The second-order valence-corrected chi connectivity index (χ2v) is 8.22. The maximum absolute atomic E-state index is 15.0. The molecule has 2 aliphatic heterocycles.